The normalized spacial score (nSPS) is 18.1. The summed E-state index contributed by atoms with van der Waals surface area (Å²) in [5.74, 6) is 0.230. The van der Waals surface area contributed by atoms with Crippen LogP contribution in [0.5, 0.6) is 0 Å². The number of aliphatic hydroxyl groups is 1. The number of hydrogen-bond donors (Lipinski definition) is 3. The van der Waals surface area contributed by atoms with Gasteiger partial charge in [0.2, 0.25) is 0 Å². The van der Waals surface area contributed by atoms with Crippen LogP contribution in [0, 0.1) is 0 Å². The summed E-state index contributed by atoms with van der Waals surface area (Å²) < 4.78 is 0. The van der Waals surface area contributed by atoms with Crippen LogP contribution in [0.3, 0.4) is 0 Å². The van der Waals surface area contributed by atoms with Crippen LogP contribution >= 0.6 is 11.6 Å². The maximum Gasteiger partial charge on any atom is 0.0635 e. The third-order valence-electron chi connectivity index (χ3n) is 6.08. The van der Waals surface area contributed by atoms with Crippen molar-refractivity contribution in [3.05, 3.63) is 64.3 Å². The maximum atomic E-state index is 9.91. The molecule has 0 saturated carbocycles. The molecule has 0 spiro atoms. The van der Waals surface area contributed by atoms with Crippen LogP contribution in [0.2, 0.25) is 5.02 Å². The second-order valence-electron chi connectivity index (χ2n) is 7.63. The summed E-state index contributed by atoms with van der Waals surface area (Å²) in [6.07, 6.45) is 5.21. The van der Waals surface area contributed by atoms with Gasteiger partial charge in [0.05, 0.1) is 12.6 Å². The highest BCUT2D eigenvalue weighted by Gasteiger charge is 2.30. The van der Waals surface area contributed by atoms with Gasteiger partial charge in [-0.3, -0.25) is 0 Å². The number of aliphatic hydroxyl groups excluding tert-OH is 1. The molecule has 4 rings (SSSR count). The third kappa shape index (κ3) is 3.30. The Bertz CT molecular complexity index is 968. The van der Waals surface area contributed by atoms with E-state index >= 15 is 0 Å². The molecular formula is C23H28ClN3O. The number of aromatic amines is 1. The van der Waals surface area contributed by atoms with Crippen molar-refractivity contribution in [2.75, 3.05) is 18.1 Å². The fourth-order valence-corrected chi connectivity index (χ4v) is 4.91. The Morgan fingerprint density at radius 3 is 2.89 bits per heavy atom. The SMILES string of the molecule is CC[C@H](c1cccc(CN)c1N1CCC[C@H]1CO)c1c[nH]c2ccc(Cl)cc12. The predicted octanol–water partition coefficient (Wildman–Crippen LogP) is 4.78. The molecule has 2 aromatic carbocycles. The number of benzene rings is 2. The Morgan fingerprint density at radius 2 is 2.14 bits per heavy atom. The second-order valence-corrected chi connectivity index (χ2v) is 8.06. The van der Waals surface area contributed by atoms with E-state index in [0.29, 0.717) is 6.54 Å². The Kier molecular flexibility index (Phi) is 5.63. The quantitative estimate of drug-likeness (QED) is 0.560. The van der Waals surface area contributed by atoms with Gasteiger partial charge in [0, 0.05) is 46.8 Å². The number of H-pyrrole nitrogens is 1. The molecule has 0 unspecified atom stereocenters. The fourth-order valence-electron chi connectivity index (χ4n) is 4.74. The molecule has 4 nitrogen and oxygen atoms in total. The van der Waals surface area contributed by atoms with E-state index in [4.69, 9.17) is 17.3 Å². The van der Waals surface area contributed by atoms with Crippen LogP contribution in [-0.2, 0) is 6.54 Å². The molecule has 2 atom stereocenters. The van der Waals surface area contributed by atoms with E-state index in [2.05, 4.69) is 41.2 Å². The van der Waals surface area contributed by atoms with E-state index in [9.17, 15) is 5.11 Å². The maximum absolute atomic E-state index is 9.91. The first kappa shape index (κ1) is 19.3. The molecule has 1 fully saturated rings. The summed E-state index contributed by atoms with van der Waals surface area (Å²) in [7, 11) is 0. The van der Waals surface area contributed by atoms with E-state index in [1.54, 1.807) is 0 Å². The number of aromatic nitrogens is 1. The second kappa shape index (κ2) is 8.16. The summed E-state index contributed by atoms with van der Waals surface area (Å²) in [4.78, 5) is 5.78. The van der Waals surface area contributed by atoms with E-state index in [0.717, 1.165) is 41.9 Å². The fraction of sp³-hybridized carbons (Fsp3) is 0.391. The molecule has 1 aromatic heterocycles. The summed E-state index contributed by atoms with van der Waals surface area (Å²) in [5.41, 5.74) is 12.1. The molecule has 4 N–H and O–H groups in total. The number of nitrogens with zero attached hydrogens (tertiary/aromatic N) is 1. The van der Waals surface area contributed by atoms with Crippen LogP contribution in [0.15, 0.2) is 42.6 Å². The average molecular weight is 398 g/mol. The first-order chi connectivity index (χ1) is 13.7. The molecule has 0 radical (unpaired) electrons. The lowest BCUT2D eigenvalue weighted by Gasteiger charge is -2.32. The number of nitrogens with two attached hydrogens (primary N) is 1. The van der Waals surface area contributed by atoms with Gasteiger partial charge in [0.15, 0.2) is 0 Å². The average Bonchev–Trinajstić information content (AvgIpc) is 3.35. The van der Waals surface area contributed by atoms with Crippen LogP contribution in [0.1, 0.15) is 48.8 Å². The van der Waals surface area contributed by atoms with Crippen molar-refractivity contribution in [2.24, 2.45) is 5.73 Å². The number of nitrogens with one attached hydrogen (secondary N) is 1. The Morgan fingerprint density at radius 1 is 1.29 bits per heavy atom. The molecule has 1 saturated heterocycles. The molecule has 1 aliphatic rings. The third-order valence-corrected chi connectivity index (χ3v) is 6.32. The standard InChI is InChI=1S/C23H28ClN3O/c1-2-18(21-13-26-22-9-8-16(24)11-20(21)22)19-7-3-5-15(12-25)23(19)27-10-4-6-17(27)14-28/h3,5,7-9,11,13,17-18,26,28H,2,4,6,10,12,14,25H2,1H3/t17-,18+/m0/s1. The van der Waals surface area contributed by atoms with Gasteiger partial charge < -0.3 is 20.7 Å². The lowest BCUT2D eigenvalue weighted by molar-refractivity contribution is 0.266. The summed E-state index contributed by atoms with van der Waals surface area (Å²) >= 11 is 6.30. The minimum absolute atomic E-state index is 0.168. The van der Waals surface area contributed by atoms with Crippen LogP contribution in [0.4, 0.5) is 5.69 Å². The molecule has 1 aliphatic heterocycles. The van der Waals surface area contributed by atoms with Crippen LogP contribution in [0.25, 0.3) is 10.9 Å². The topological polar surface area (TPSA) is 65.3 Å². The van der Waals surface area contributed by atoms with Gasteiger partial charge in [-0.2, -0.15) is 0 Å². The summed E-state index contributed by atoms with van der Waals surface area (Å²) in [5, 5.41) is 11.8. The number of hydrogen-bond acceptors (Lipinski definition) is 3. The molecule has 0 bridgehead atoms. The molecule has 28 heavy (non-hydrogen) atoms. The van der Waals surface area contributed by atoms with Gasteiger partial charge in [-0.15, -0.1) is 0 Å². The highest BCUT2D eigenvalue weighted by atomic mass is 35.5. The van der Waals surface area contributed by atoms with Crippen molar-refractivity contribution in [3.63, 3.8) is 0 Å². The van der Waals surface area contributed by atoms with E-state index < -0.39 is 0 Å². The zero-order chi connectivity index (χ0) is 19.7. The van der Waals surface area contributed by atoms with Crippen molar-refractivity contribution >= 4 is 28.2 Å². The molecule has 148 valence electrons. The van der Waals surface area contributed by atoms with Gasteiger partial charge in [-0.1, -0.05) is 36.7 Å². The summed E-state index contributed by atoms with van der Waals surface area (Å²) in [6, 6.07) is 12.6. The van der Waals surface area contributed by atoms with Crippen molar-refractivity contribution < 1.29 is 5.11 Å². The minimum atomic E-state index is 0.168. The minimum Gasteiger partial charge on any atom is -0.394 e. The Hall–Kier alpha value is -2.01. The molecule has 2 heterocycles. The van der Waals surface area contributed by atoms with Crippen molar-refractivity contribution in [1.82, 2.24) is 4.98 Å². The summed E-state index contributed by atoms with van der Waals surface area (Å²) in [6.45, 7) is 3.86. The van der Waals surface area contributed by atoms with E-state index in [-0.39, 0.29) is 18.6 Å². The number of fused-ring (bicyclic) bond motifs is 1. The van der Waals surface area contributed by atoms with Gasteiger partial charge in [-0.25, -0.2) is 0 Å². The molecule has 0 aliphatic carbocycles. The monoisotopic (exact) mass is 397 g/mol. The van der Waals surface area contributed by atoms with Crippen molar-refractivity contribution in [3.8, 4) is 0 Å². The van der Waals surface area contributed by atoms with Crippen LogP contribution in [-0.4, -0.2) is 29.3 Å². The van der Waals surface area contributed by atoms with Gasteiger partial charge >= 0.3 is 0 Å². The number of anilines is 1. The zero-order valence-corrected chi connectivity index (χ0v) is 17.0. The van der Waals surface area contributed by atoms with Crippen molar-refractivity contribution in [2.45, 2.75) is 44.7 Å². The number of para-hydroxylation sites is 1. The first-order valence-electron chi connectivity index (χ1n) is 10.1. The van der Waals surface area contributed by atoms with E-state index in [1.807, 2.05) is 18.2 Å². The molecular weight excluding hydrogens is 370 g/mol. The highest BCUT2D eigenvalue weighted by Crippen LogP contribution is 2.42. The zero-order valence-electron chi connectivity index (χ0n) is 16.3. The lowest BCUT2D eigenvalue weighted by Crippen LogP contribution is -2.34. The molecule has 5 heteroatoms. The highest BCUT2D eigenvalue weighted by molar-refractivity contribution is 6.31. The molecule has 3 aromatic rings. The van der Waals surface area contributed by atoms with E-state index in [1.165, 1.54) is 22.2 Å². The van der Waals surface area contributed by atoms with Crippen LogP contribution < -0.4 is 10.6 Å². The smallest absolute Gasteiger partial charge is 0.0635 e. The molecule has 0 amide bonds. The predicted molar refractivity (Wildman–Crippen MR) is 117 cm³/mol. The lowest BCUT2D eigenvalue weighted by atomic mass is 9.86. The van der Waals surface area contributed by atoms with Gasteiger partial charge in [-0.05, 0) is 54.2 Å². The Balaban J connectivity index is 1.88. The number of halogens is 1. The Labute approximate surface area is 171 Å². The first-order valence-corrected chi connectivity index (χ1v) is 10.5. The largest absolute Gasteiger partial charge is 0.394 e. The number of rotatable bonds is 6. The van der Waals surface area contributed by atoms with Gasteiger partial charge in [0.25, 0.3) is 0 Å². The van der Waals surface area contributed by atoms with Gasteiger partial charge in [0.1, 0.15) is 0 Å². The van der Waals surface area contributed by atoms with Crippen molar-refractivity contribution in [1.29, 1.82) is 0 Å².